The lowest BCUT2D eigenvalue weighted by Crippen LogP contribution is -2.43. The van der Waals surface area contributed by atoms with Gasteiger partial charge >= 0.3 is 0 Å². The van der Waals surface area contributed by atoms with Crippen LogP contribution in [0, 0.1) is 5.92 Å². The molecule has 0 radical (unpaired) electrons. The normalized spacial score (nSPS) is 23.9. The van der Waals surface area contributed by atoms with E-state index in [-0.39, 0.29) is 5.91 Å². The summed E-state index contributed by atoms with van der Waals surface area (Å²) in [6, 6.07) is 5.67. The van der Waals surface area contributed by atoms with E-state index in [4.69, 9.17) is 15.2 Å². The molecule has 2 N–H and O–H groups in total. The fourth-order valence-corrected chi connectivity index (χ4v) is 2.80. The van der Waals surface area contributed by atoms with Gasteiger partial charge in [-0.2, -0.15) is 0 Å². The average molecular weight is 276 g/mol. The molecule has 1 aromatic rings. The van der Waals surface area contributed by atoms with E-state index < -0.39 is 0 Å². The van der Waals surface area contributed by atoms with Gasteiger partial charge in [0.1, 0.15) is 13.2 Å². The minimum Gasteiger partial charge on any atom is -0.486 e. The molecule has 1 amide bonds. The summed E-state index contributed by atoms with van der Waals surface area (Å²) in [6.45, 7) is 1.85. The molecule has 20 heavy (non-hydrogen) atoms. The van der Waals surface area contributed by atoms with Crippen LogP contribution in [-0.2, 0) is 0 Å². The molecule has 0 spiro atoms. The highest BCUT2D eigenvalue weighted by atomic mass is 16.6. The Balaban J connectivity index is 1.67. The number of carbonyl (C=O) groups is 1. The van der Waals surface area contributed by atoms with Gasteiger partial charge in [0.25, 0.3) is 5.91 Å². The van der Waals surface area contributed by atoms with Gasteiger partial charge in [-0.15, -0.1) is 0 Å². The Labute approximate surface area is 118 Å². The quantitative estimate of drug-likeness (QED) is 0.903. The van der Waals surface area contributed by atoms with Gasteiger partial charge in [0.05, 0.1) is 0 Å². The van der Waals surface area contributed by atoms with Crippen LogP contribution in [0.3, 0.4) is 0 Å². The molecule has 1 saturated carbocycles. The Morgan fingerprint density at radius 2 is 2.00 bits per heavy atom. The molecule has 0 atom stereocenters. The highest BCUT2D eigenvalue weighted by molar-refractivity contribution is 5.94. The second-order valence-corrected chi connectivity index (χ2v) is 5.64. The van der Waals surface area contributed by atoms with Gasteiger partial charge in [0, 0.05) is 25.2 Å². The molecule has 1 aliphatic carbocycles. The first-order valence-electron chi connectivity index (χ1n) is 7.04. The third kappa shape index (κ3) is 2.58. The van der Waals surface area contributed by atoms with E-state index in [0.717, 1.165) is 19.4 Å². The molecule has 5 nitrogen and oxygen atoms in total. The van der Waals surface area contributed by atoms with Crippen molar-refractivity contribution in [3.63, 3.8) is 0 Å². The zero-order chi connectivity index (χ0) is 14.1. The third-order valence-corrected chi connectivity index (χ3v) is 3.94. The molecule has 1 aromatic carbocycles. The number of benzene rings is 1. The van der Waals surface area contributed by atoms with Crippen molar-refractivity contribution in [3.05, 3.63) is 23.8 Å². The van der Waals surface area contributed by atoms with Crippen LogP contribution < -0.4 is 15.2 Å². The van der Waals surface area contributed by atoms with Gasteiger partial charge in [-0.1, -0.05) is 0 Å². The first kappa shape index (κ1) is 13.2. The Bertz CT molecular complexity index is 512. The SMILES string of the molecule is CN(CC1CC(N)C1)C(=O)c1ccc2c(c1)OCCO2. The molecular weight excluding hydrogens is 256 g/mol. The van der Waals surface area contributed by atoms with Crippen LogP contribution in [0.4, 0.5) is 0 Å². The minimum absolute atomic E-state index is 0.0162. The molecule has 5 heteroatoms. The summed E-state index contributed by atoms with van der Waals surface area (Å²) in [7, 11) is 1.84. The number of hydrogen-bond donors (Lipinski definition) is 1. The predicted octanol–water partition coefficient (Wildman–Crippen LogP) is 1.27. The summed E-state index contributed by atoms with van der Waals surface area (Å²) in [5.41, 5.74) is 6.41. The highest BCUT2D eigenvalue weighted by Gasteiger charge is 2.28. The monoisotopic (exact) mass is 276 g/mol. The Morgan fingerprint density at radius 3 is 2.70 bits per heavy atom. The number of nitrogens with zero attached hydrogens (tertiary/aromatic N) is 1. The highest BCUT2D eigenvalue weighted by Crippen LogP contribution is 2.31. The standard InChI is InChI=1S/C15H20N2O3/c1-17(9-10-6-12(16)7-10)15(18)11-2-3-13-14(8-11)20-5-4-19-13/h2-3,8,10,12H,4-7,9,16H2,1H3. The molecule has 0 unspecified atom stereocenters. The molecule has 3 rings (SSSR count). The predicted molar refractivity (Wildman–Crippen MR) is 75.1 cm³/mol. The molecule has 2 aliphatic rings. The fourth-order valence-electron chi connectivity index (χ4n) is 2.80. The van der Waals surface area contributed by atoms with E-state index in [2.05, 4.69) is 0 Å². The number of amides is 1. The van der Waals surface area contributed by atoms with Gasteiger partial charge in [0.2, 0.25) is 0 Å². The zero-order valence-electron chi connectivity index (χ0n) is 11.7. The molecular formula is C15H20N2O3. The van der Waals surface area contributed by atoms with Gasteiger partial charge < -0.3 is 20.1 Å². The maximum absolute atomic E-state index is 12.4. The Morgan fingerprint density at radius 1 is 1.30 bits per heavy atom. The molecule has 108 valence electrons. The van der Waals surface area contributed by atoms with Crippen molar-refractivity contribution in [1.82, 2.24) is 4.90 Å². The van der Waals surface area contributed by atoms with Crippen LogP contribution in [0.5, 0.6) is 11.5 Å². The second kappa shape index (κ2) is 5.32. The van der Waals surface area contributed by atoms with E-state index in [1.807, 2.05) is 7.05 Å². The van der Waals surface area contributed by atoms with Crippen LogP contribution in [0.15, 0.2) is 18.2 Å². The minimum atomic E-state index is 0.0162. The van der Waals surface area contributed by atoms with Crippen LogP contribution in [-0.4, -0.2) is 43.7 Å². The van der Waals surface area contributed by atoms with Gasteiger partial charge in [-0.05, 0) is 37.0 Å². The lowest BCUT2D eigenvalue weighted by atomic mass is 9.80. The number of fused-ring (bicyclic) bond motifs is 1. The summed E-state index contributed by atoms with van der Waals surface area (Å²) in [6.07, 6.45) is 2.03. The topological polar surface area (TPSA) is 64.8 Å². The van der Waals surface area contributed by atoms with Crippen molar-refractivity contribution in [2.75, 3.05) is 26.8 Å². The van der Waals surface area contributed by atoms with Crippen LogP contribution in [0.2, 0.25) is 0 Å². The van der Waals surface area contributed by atoms with Crippen molar-refractivity contribution in [2.24, 2.45) is 11.7 Å². The molecule has 1 fully saturated rings. The second-order valence-electron chi connectivity index (χ2n) is 5.64. The number of carbonyl (C=O) groups excluding carboxylic acids is 1. The number of hydrogen-bond acceptors (Lipinski definition) is 4. The van der Waals surface area contributed by atoms with Crippen molar-refractivity contribution in [1.29, 1.82) is 0 Å². The van der Waals surface area contributed by atoms with Crippen molar-refractivity contribution < 1.29 is 14.3 Å². The molecule has 0 saturated heterocycles. The van der Waals surface area contributed by atoms with Crippen molar-refractivity contribution >= 4 is 5.91 Å². The van der Waals surface area contributed by atoms with E-state index >= 15 is 0 Å². The third-order valence-electron chi connectivity index (χ3n) is 3.94. The number of nitrogens with two attached hydrogens (primary N) is 1. The van der Waals surface area contributed by atoms with Crippen LogP contribution in [0.1, 0.15) is 23.2 Å². The first-order chi connectivity index (χ1) is 9.63. The number of rotatable bonds is 3. The summed E-state index contributed by atoms with van der Waals surface area (Å²) in [4.78, 5) is 14.2. The van der Waals surface area contributed by atoms with Crippen molar-refractivity contribution in [3.8, 4) is 11.5 Å². The molecule has 1 aliphatic heterocycles. The maximum Gasteiger partial charge on any atom is 0.253 e. The Kier molecular flexibility index (Phi) is 3.53. The lowest BCUT2D eigenvalue weighted by Gasteiger charge is -2.35. The van der Waals surface area contributed by atoms with E-state index in [1.165, 1.54) is 0 Å². The summed E-state index contributed by atoms with van der Waals surface area (Å²) < 4.78 is 11.0. The Hall–Kier alpha value is -1.75. The smallest absolute Gasteiger partial charge is 0.253 e. The first-order valence-corrected chi connectivity index (χ1v) is 7.04. The fraction of sp³-hybridized carbons (Fsp3) is 0.533. The van der Waals surface area contributed by atoms with Crippen molar-refractivity contribution in [2.45, 2.75) is 18.9 Å². The molecule has 1 heterocycles. The van der Waals surface area contributed by atoms with Crippen LogP contribution in [0.25, 0.3) is 0 Å². The molecule has 0 aromatic heterocycles. The summed E-state index contributed by atoms with van der Waals surface area (Å²) >= 11 is 0. The summed E-state index contributed by atoms with van der Waals surface area (Å²) in [5, 5.41) is 0. The van der Waals surface area contributed by atoms with Crippen LogP contribution >= 0.6 is 0 Å². The largest absolute Gasteiger partial charge is 0.486 e. The van der Waals surface area contributed by atoms with E-state index in [9.17, 15) is 4.79 Å². The van der Waals surface area contributed by atoms with E-state index in [0.29, 0.717) is 42.2 Å². The van der Waals surface area contributed by atoms with Gasteiger partial charge in [-0.3, -0.25) is 4.79 Å². The van der Waals surface area contributed by atoms with E-state index in [1.54, 1.807) is 23.1 Å². The van der Waals surface area contributed by atoms with Gasteiger partial charge in [0.15, 0.2) is 11.5 Å². The maximum atomic E-state index is 12.4. The summed E-state index contributed by atoms with van der Waals surface area (Å²) in [5.74, 6) is 1.92. The molecule has 0 bridgehead atoms. The lowest BCUT2D eigenvalue weighted by molar-refractivity contribution is 0.0733. The van der Waals surface area contributed by atoms with Gasteiger partial charge in [-0.25, -0.2) is 0 Å². The zero-order valence-corrected chi connectivity index (χ0v) is 11.7. The number of ether oxygens (including phenoxy) is 2. The average Bonchev–Trinajstić information content (AvgIpc) is 2.44.